The van der Waals surface area contributed by atoms with Crippen molar-refractivity contribution in [3.05, 3.63) is 42.4 Å². The standard InChI is InChI=1S/C12H12BrN3O2.ClH/c1-16-3-2-6-7(5-16)8(13)4-9-10(6)15-12(18)11(17)14-9;/h4H,2-3,5H2,1H3,(H,14,17)(H,15,18);1H. The van der Waals surface area contributed by atoms with Crippen molar-refractivity contribution in [3.8, 4) is 0 Å². The highest BCUT2D eigenvalue weighted by Gasteiger charge is 2.19. The first-order chi connectivity index (χ1) is 8.56. The van der Waals surface area contributed by atoms with Gasteiger partial charge in [-0.25, -0.2) is 0 Å². The second kappa shape index (κ2) is 5.11. The molecule has 0 saturated carbocycles. The van der Waals surface area contributed by atoms with E-state index in [1.807, 2.05) is 6.07 Å². The molecule has 0 amide bonds. The summed E-state index contributed by atoms with van der Waals surface area (Å²) >= 11 is 3.53. The molecule has 5 nitrogen and oxygen atoms in total. The number of halogens is 2. The van der Waals surface area contributed by atoms with Crippen LogP contribution in [0.5, 0.6) is 0 Å². The quantitative estimate of drug-likeness (QED) is 0.708. The van der Waals surface area contributed by atoms with E-state index >= 15 is 0 Å². The van der Waals surface area contributed by atoms with Crippen LogP contribution in [0.3, 0.4) is 0 Å². The second-order valence-corrected chi connectivity index (χ2v) is 5.49. The van der Waals surface area contributed by atoms with Crippen LogP contribution in [0.2, 0.25) is 0 Å². The van der Waals surface area contributed by atoms with Crippen molar-refractivity contribution in [2.75, 3.05) is 13.6 Å². The van der Waals surface area contributed by atoms with Gasteiger partial charge in [-0.15, -0.1) is 12.4 Å². The zero-order valence-corrected chi connectivity index (χ0v) is 12.7. The Morgan fingerprint density at radius 3 is 2.63 bits per heavy atom. The van der Waals surface area contributed by atoms with Crippen LogP contribution >= 0.6 is 28.3 Å². The molecule has 0 spiro atoms. The molecule has 0 fully saturated rings. The first kappa shape index (κ1) is 14.3. The number of H-pyrrole nitrogens is 2. The summed E-state index contributed by atoms with van der Waals surface area (Å²) in [5, 5.41) is 0. The van der Waals surface area contributed by atoms with Crippen LogP contribution in [0.4, 0.5) is 0 Å². The van der Waals surface area contributed by atoms with Gasteiger partial charge in [-0.05, 0) is 30.7 Å². The summed E-state index contributed by atoms with van der Waals surface area (Å²) in [4.78, 5) is 30.3. The number of nitrogens with zero attached hydrogens (tertiary/aromatic N) is 1. The summed E-state index contributed by atoms with van der Waals surface area (Å²) in [5.41, 5.74) is 2.53. The zero-order valence-electron chi connectivity index (χ0n) is 10.2. The summed E-state index contributed by atoms with van der Waals surface area (Å²) in [6.07, 6.45) is 0.865. The fourth-order valence-electron chi connectivity index (χ4n) is 2.43. The van der Waals surface area contributed by atoms with Crippen molar-refractivity contribution in [1.82, 2.24) is 14.9 Å². The summed E-state index contributed by atoms with van der Waals surface area (Å²) in [5.74, 6) is 0. The number of likely N-dealkylation sites (N-methyl/N-ethyl adjacent to an activating group) is 1. The second-order valence-electron chi connectivity index (χ2n) is 4.63. The Balaban J connectivity index is 0.00000133. The Kier molecular flexibility index (Phi) is 3.85. The third-order valence-corrected chi connectivity index (χ3v) is 4.07. The third-order valence-electron chi connectivity index (χ3n) is 3.36. The van der Waals surface area contributed by atoms with Crippen molar-refractivity contribution in [2.45, 2.75) is 13.0 Å². The molecule has 0 unspecified atom stereocenters. The molecule has 1 aliphatic heterocycles. The Labute approximate surface area is 123 Å². The van der Waals surface area contributed by atoms with E-state index in [-0.39, 0.29) is 12.4 Å². The van der Waals surface area contributed by atoms with Crippen molar-refractivity contribution >= 4 is 39.4 Å². The molecule has 1 aliphatic rings. The molecule has 1 aromatic heterocycles. The fraction of sp³-hybridized carbons (Fsp3) is 0.333. The maximum Gasteiger partial charge on any atom is 0.314 e. The number of rotatable bonds is 0. The summed E-state index contributed by atoms with van der Waals surface area (Å²) in [7, 11) is 2.06. The highest BCUT2D eigenvalue weighted by molar-refractivity contribution is 9.10. The van der Waals surface area contributed by atoms with Gasteiger partial charge in [0.2, 0.25) is 0 Å². The van der Waals surface area contributed by atoms with Gasteiger partial charge in [0.15, 0.2) is 0 Å². The van der Waals surface area contributed by atoms with Gasteiger partial charge in [0.05, 0.1) is 11.0 Å². The average molecular weight is 347 g/mol. The van der Waals surface area contributed by atoms with Crippen LogP contribution in [-0.2, 0) is 13.0 Å². The number of nitrogens with one attached hydrogen (secondary N) is 2. The lowest BCUT2D eigenvalue weighted by Crippen LogP contribution is -2.31. The number of fused-ring (bicyclic) bond motifs is 3. The van der Waals surface area contributed by atoms with Crippen LogP contribution < -0.4 is 11.1 Å². The fourth-order valence-corrected chi connectivity index (χ4v) is 3.03. The van der Waals surface area contributed by atoms with Crippen molar-refractivity contribution in [3.63, 3.8) is 0 Å². The predicted molar refractivity (Wildman–Crippen MR) is 80.2 cm³/mol. The lowest BCUT2D eigenvalue weighted by molar-refractivity contribution is 0.313. The van der Waals surface area contributed by atoms with Gasteiger partial charge < -0.3 is 14.9 Å². The molecule has 2 aromatic rings. The number of aromatic nitrogens is 2. The number of hydrogen-bond donors (Lipinski definition) is 2. The molecule has 0 atom stereocenters. The molecule has 7 heteroatoms. The van der Waals surface area contributed by atoms with Crippen LogP contribution in [0.15, 0.2) is 20.1 Å². The minimum absolute atomic E-state index is 0. The van der Waals surface area contributed by atoms with Crippen LogP contribution in [0.25, 0.3) is 11.0 Å². The van der Waals surface area contributed by atoms with E-state index in [9.17, 15) is 9.59 Å². The molecule has 0 saturated heterocycles. The number of hydrogen-bond acceptors (Lipinski definition) is 3. The minimum Gasteiger partial charge on any atom is -0.316 e. The van der Waals surface area contributed by atoms with Crippen LogP contribution in [0.1, 0.15) is 11.1 Å². The van der Waals surface area contributed by atoms with Gasteiger partial charge >= 0.3 is 11.1 Å². The first-order valence-electron chi connectivity index (χ1n) is 5.71. The topological polar surface area (TPSA) is 69.0 Å². The van der Waals surface area contributed by atoms with E-state index in [4.69, 9.17) is 0 Å². The molecular weight excluding hydrogens is 334 g/mol. The number of aromatic amines is 2. The Morgan fingerprint density at radius 1 is 1.21 bits per heavy atom. The zero-order chi connectivity index (χ0) is 12.9. The summed E-state index contributed by atoms with van der Waals surface area (Å²) in [6.45, 7) is 1.78. The Morgan fingerprint density at radius 2 is 1.89 bits per heavy atom. The monoisotopic (exact) mass is 345 g/mol. The maximum atomic E-state index is 11.4. The maximum absolute atomic E-state index is 11.4. The normalized spacial score (nSPS) is 15.1. The van der Waals surface area contributed by atoms with Crippen molar-refractivity contribution < 1.29 is 0 Å². The molecule has 2 heterocycles. The molecule has 1 aromatic carbocycles. The smallest absolute Gasteiger partial charge is 0.314 e. The molecule has 19 heavy (non-hydrogen) atoms. The van der Waals surface area contributed by atoms with Gasteiger partial charge in [-0.3, -0.25) is 9.59 Å². The first-order valence-corrected chi connectivity index (χ1v) is 6.50. The van der Waals surface area contributed by atoms with E-state index in [1.165, 1.54) is 5.56 Å². The van der Waals surface area contributed by atoms with E-state index < -0.39 is 11.1 Å². The largest absolute Gasteiger partial charge is 0.316 e. The molecule has 2 N–H and O–H groups in total. The van der Waals surface area contributed by atoms with E-state index in [1.54, 1.807) is 0 Å². The van der Waals surface area contributed by atoms with Gasteiger partial charge in [0, 0.05) is 17.6 Å². The summed E-state index contributed by atoms with van der Waals surface area (Å²) < 4.78 is 0.972. The minimum atomic E-state index is -0.609. The lowest BCUT2D eigenvalue weighted by Gasteiger charge is -2.26. The molecule has 102 valence electrons. The SMILES string of the molecule is CN1CCc2c(c(Br)cc3[nH]c(=O)c(=O)[nH]c23)C1.Cl. The lowest BCUT2D eigenvalue weighted by atomic mass is 9.98. The molecule has 0 aliphatic carbocycles. The van der Waals surface area contributed by atoms with Crippen molar-refractivity contribution in [1.29, 1.82) is 0 Å². The van der Waals surface area contributed by atoms with Gasteiger partial charge in [0.25, 0.3) is 0 Å². The highest BCUT2D eigenvalue weighted by atomic mass is 79.9. The summed E-state index contributed by atoms with van der Waals surface area (Å²) in [6, 6.07) is 1.85. The van der Waals surface area contributed by atoms with Gasteiger partial charge in [-0.2, -0.15) is 0 Å². The molecular formula is C12H13BrClN3O2. The highest BCUT2D eigenvalue weighted by Crippen LogP contribution is 2.30. The van der Waals surface area contributed by atoms with E-state index in [0.29, 0.717) is 5.52 Å². The van der Waals surface area contributed by atoms with Crippen LogP contribution in [-0.4, -0.2) is 28.5 Å². The number of benzene rings is 1. The third kappa shape index (κ3) is 2.35. The average Bonchev–Trinajstić information content (AvgIpc) is 2.32. The molecule has 0 bridgehead atoms. The van der Waals surface area contributed by atoms with E-state index in [0.717, 1.165) is 35.1 Å². The van der Waals surface area contributed by atoms with E-state index in [2.05, 4.69) is 37.8 Å². The van der Waals surface area contributed by atoms with Gasteiger partial charge in [-0.1, -0.05) is 15.9 Å². The molecule has 3 rings (SSSR count). The Bertz CT molecular complexity index is 753. The van der Waals surface area contributed by atoms with Crippen LogP contribution in [0, 0.1) is 0 Å². The molecule has 0 radical (unpaired) electrons. The van der Waals surface area contributed by atoms with Gasteiger partial charge in [0.1, 0.15) is 0 Å². The predicted octanol–water partition coefficient (Wildman–Crippen LogP) is 1.39. The van der Waals surface area contributed by atoms with Crippen molar-refractivity contribution in [2.24, 2.45) is 0 Å². The Hall–Kier alpha value is -1.11.